The van der Waals surface area contributed by atoms with Gasteiger partial charge in [-0.05, 0) is 84.3 Å². The Morgan fingerprint density at radius 3 is 1.83 bits per heavy atom. The molecule has 0 saturated heterocycles. The monoisotopic (exact) mass is 653 g/mol. The zero-order valence-electron chi connectivity index (χ0n) is 24.6. The molecule has 3 N–H and O–H groups in total. The number of anilines is 2. The summed E-state index contributed by atoms with van der Waals surface area (Å²) in [6, 6.07) is 25.1. The van der Waals surface area contributed by atoms with Gasteiger partial charge in [0.2, 0.25) is 5.91 Å². The van der Waals surface area contributed by atoms with Gasteiger partial charge in [-0.15, -0.1) is 5.26 Å². The minimum atomic E-state index is -0.140. The normalized spacial score (nSPS) is 9.76. The van der Waals surface area contributed by atoms with Gasteiger partial charge >= 0.3 is 0 Å². The molecular weight excluding hydrogens is 627 g/mol. The number of benzene rings is 2. The molecule has 0 aliphatic rings. The largest absolute Gasteiger partial charge is 0.497 e. The average molecular weight is 654 g/mol. The lowest BCUT2D eigenvalue weighted by atomic mass is 10.3. The highest BCUT2D eigenvalue weighted by atomic mass is 32.1. The predicted molar refractivity (Wildman–Crippen MR) is 175 cm³/mol. The van der Waals surface area contributed by atoms with E-state index in [1.807, 2.05) is 36.4 Å². The number of aromatic nitrogens is 6. The quantitative estimate of drug-likeness (QED) is 0.196. The van der Waals surface area contributed by atoms with E-state index >= 15 is 0 Å². The van der Waals surface area contributed by atoms with Gasteiger partial charge in [-0.2, -0.15) is 13.7 Å². The van der Waals surface area contributed by atoms with E-state index in [9.17, 15) is 4.79 Å². The topological polar surface area (TPSA) is 184 Å². The van der Waals surface area contributed by atoms with Crippen molar-refractivity contribution in [2.75, 3.05) is 25.3 Å². The van der Waals surface area contributed by atoms with Crippen molar-refractivity contribution in [3.8, 4) is 46.5 Å². The summed E-state index contributed by atoms with van der Waals surface area (Å²) < 4.78 is 22.8. The summed E-state index contributed by atoms with van der Waals surface area (Å²) in [5.41, 5.74) is 7.60. The number of rotatable bonds is 8. The Labute approximate surface area is 272 Å². The number of nitriles is 1. The Kier molecular flexibility index (Phi) is 12.4. The molecule has 6 aromatic rings. The van der Waals surface area contributed by atoms with Gasteiger partial charge in [-0.1, -0.05) is 12.1 Å². The van der Waals surface area contributed by atoms with Crippen LogP contribution >= 0.6 is 23.1 Å². The fourth-order valence-corrected chi connectivity index (χ4v) is 4.56. The summed E-state index contributed by atoms with van der Waals surface area (Å²) in [4.78, 5) is 28.7. The Hall–Kier alpha value is -5.98. The highest BCUT2D eigenvalue weighted by molar-refractivity contribution is 7.09. The van der Waals surface area contributed by atoms with Crippen molar-refractivity contribution in [1.82, 2.24) is 28.7 Å². The number of hydrogen-bond acceptors (Lipinski definition) is 14. The summed E-state index contributed by atoms with van der Waals surface area (Å²) in [6.45, 7) is 0. The molecule has 0 spiro atoms. The molecule has 0 bridgehead atoms. The van der Waals surface area contributed by atoms with Gasteiger partial charge in [0.15, 0.2) is 16.8 Å². The maximum Gasteiger partial charge on any atom is 0.292 e. The molecule has 46 heavy (non-hydrogen) atoms. The second-order valence-corrected chi connectivity index (χ2v) is 10.3. The van der Waals surface area contributed by atoms with E-state index in [1.165, 1.54) is 23.1 Å². The molecule has 0 atom stereocenters. The number of methoxy groups -OCH3 is 2. The standard InChI is InChI=1S/C16H14N4O2S.C8H7NO2.C7H6N4S/c1-22-12-7-5-11(6-8-12)18-14(21)10-15-19-16(20-23-15)13-4-2-3-9-17-13;1-10-7-2-4-8(5-3-7)11-6-9;8-7-10-6(11-12-7)5-3-1-2-4-9-5/h2-9H,10H2,1H3,(H,18,21);2-5H,1H3;1-4H,(H2,8,10,11). The van der Waals surface area contributed by atoms with E-state index in [-0.39, 0.29) is 12.3 Å². The lowest BCUT2D eigenvalue weighted by Gasteiger charge is -2.05. The van der Waals surface area contributed by atoms with Gasteiger partial charge in [0.1, 0.15) is 33.6 Å². The van der Waals surface area contributed by atoms with Crippen molar-refractivity contribution in [2.24, 2.45) is 0 Å². The molecule has 232 valence electrons. The molecule has 0 saturated carbocycles. The second kappa shape index (κ2) is 17.3. The van der Waals surface area contributed by atoms with Crippen LogP contribution < -0.4 is 25.3 Å². The van der Waals surface area contributed by atoms with Gasteiger partial charge in [0, 0.05) is 29.6 Å². The SMILES string of the molecule is COc1ccc(NC(=O)Cc2nc(-c3ccccn3)ns2)cc1.COc1ccc(OC#N)cc1.Nc1nc(-c2ccccn2)ns1. The fourth-order valence-electron chi connectivity index (χ4n) is 3.47. The lowest BCUT2D eigenvalue weighted by Crippen LogP contribution is -2.14. The number of nitrogens with two attached hydrogens (primary N) is 1. The number of pyridine rings is 2. The van der Waals surface area contributed by atoms with Crippen LogP contribution in [0.3, 0.4) is 0 Å². The van der Waals surface area contributed by atoms with Crippen molar-refractivity contribution in [2.45, 2.75) is 6.42 Å². The van der Waals surface area contributed by atoms with E-state index in [1.54, 1.807) is 81.4 Å². The van der Waals surface area contributed by atoms with Gasteiger partial charge < -0.3 is 25.3 Å². The second-order valence-electron chi connectivity index (χ2n) is 8.72. The number of nitrogens with one attached hydrogen (secondary N) is 1. The first-order valence-electron chi connectivity index (χ1n) is 13.4. The van der Waals surface area contributed by atoms with Crippen LogP contribution in [0.25, 0.3) is 23.0 Å². The molecule has 0 aliphatic carbocycles. The molecule has 15 heteroatoms. The maximum atomic E-state index is 12.1. The zero-order chi connectivity index (χ0) is 32.6. The van der Waals surface area contributed by atoms with E-state index in [2.05, 4.69) is 38.7 Å². The first-order chi connectivity index (χ1) is 22.5. The molecule has 0 radical (unpaired) electrons. The highest BCUT2D eigenvalue weighted by Gasteiger charge is 2.11. The van der Waals surface area contributed by atoms with Crippen molar-refractivity contribution >= 4 is 39.8 Å². The third-order valence-electron chi connectivity index (χ3n) is 5.61. The summed E-state index contributed by atoms with van der Waals surface area (Å²) in [5.74, 6) is 3.01. The number of carbonyl (C=O) groups is 1. The van der Waals surface area contributed by atoms with E-state index < -0.39 is 0 Å². The van der Waals surface area contributed by atoms with Crippen LogP contribution in [0.4, 0.5) is 10.8 Å². The van der Waals surface area contributed by atoms with E-state index in [0.29, 0.717) is 38.9 Å². The molecule has 0 aliphatic heterocycles. The maximum absolute atomic E-state index is 12.1. The van der Waals surface area contributed by atoms with Crippen LogP contribution in [-0.4, -0.2) is 48.8 Å². The summed E-state index contributed by atoms with van der Waals surface area (Å²) >= 11 is 2.38. The Morgan fingerprint density at radius 2 is 1.33 bits per heavy atom. The van der Waals surface area contributed by atoms with Crippen LogP contribution in [-0.2, 0) is 11.2 Å². The van der Waals surface area contributed by atoms with Crippen LogP contribution in [0.5, 0.6) is 17.2 Å². The third-order valence-corrected chi connectivity index (χ3v) is 6.86. The fraction of sp³-hybridized carbons (Fsp3) is 0.0968. The van der Waals surface area contributed by atoms with Crippen LogP contribution in [0, 0.1) is 11.5 Å². The van der Waals surface area contributed by atoms with Crippen LogP contribution in [0.15, 0.2) is 97.3 Å². The summed E-state index contributed by atoms with van der Waals surface area (Å²) in [5, 5.41) is 12.1. The average Bonchev–Trinajstić information content (AvgIpc) is 3.76. The van der Waals surface area contributed by atoms with Gasteiger partial charge in [-0.25, -0.2) is 4.98 Å². The zero-order valence-corrected chi connectivity index (χ0v) is 26.2. The Balaban J connectivity index is 0.000000175. The first kappa shape index (κ1) is 32.9. The lowest BCUT2D eigenvalue weighted by molar-refractivity contribution is -0.115. The first-order valence-corrected chi connectivity index (χ1v) is 14.9. The molecule has 0 fully saturated rings. The summed E-state index contributed by atoms with van der Waals surface area (Å²) in [7, 11) is 3.18. The van der Waals surface area contributed by atoms with Crippen molar-refractivity contribution in [3.05, 3.63) is 102 Å². The number of amides is 1. The Bertz CT molecular complexity index is 1830. The Morgan fingerprint density at radius 1 is 0.783 bits per heavy atom. The van der Waals surface area contributed by atoms with Gasteiger partial charge in [0.25, 0.3) is 6.26 Å². The number of carbonyl (C=O) groups excluding carboxylic acids is 1. The molecule has 4 heterocycles. The minimum Gasteiger partial charge on any atom is -0.497 e. The van der Waals surface area contributed by atoms with Crippen molar-refractivity contribution < 1.29 is 19.0 Å². The molecule has 0 unspecified atom stereocenters. The number of nitrogens with zero attached hydrogens (tertiary/aromatic N) is 7. The van der Waals surface area contributed by atoms with E-state index in [4.69, 9.17) is 20.5 Å². The highest BCUT2D eigenvalue weighted by Crippen LogP contribution is 2.19. The predicted octanol–water partition coefficient (Wildman–Crippen LogP) is 5.53. The molecular formula is C31H27N9O4S2. The number of ether oxygens (including phenoxy) is 3. The summed E-state index contributed by atoms with van der Waals surface area (Å²) in [6.07, 6.45) is 5.15. The molecule has 13 nitrogen and oxygen atoms in total. The molecule has 4 aromatic heterocycles. The van der Waals surface area contributed by atoms with Crippen LogP contribution in [0.1, 0.15) is 5.01 Å². The molecule has 2 aromatic carbocycles. The van der Waals surface area contributed by atoms with Gasteiger partial charge in [0.05, 0.1) is 20.6 Å². The van der Waals surface area contributed by atoms with Crippen LogP contribution in [0.2, 0.25) is 0 Å². The van der Waals surface area contributed by atoms with E-state index in [0.717, 1.165) is 17.2 Å². The minimum absolute atomic E-state index is 0.140. The number of nitrogen functional groups attached to an aromatic ring is 1. The number of hydrogen-bond donors (Lipinski definition) is 2. The van der Waals surface area contributed by atoms with Gasteiger partial charge in [-0.3, -0.25) is 14.8 Å². The molecule has 1 amide bonds. The third kappa shape index (κ3) is 10.3. The van der Waals surface area contributed by atoms with Crippen molar-refractivity contribution in [3.63, 3.8) is 0 Å². The molecule has 6 rings (SSSR count). The van der Waals surface area contributed by atoms with Crippen molar-refractivity contribution in [1.29, 1.82) is 5.26 Å². The smallest absolute Gasteiger partial charge is 0.292 e.